The number of nitrogens with zero attached hydrogens (tertiary/aromatic N) is 2. The molecule has 128 valence electrons. The molecule has 0 radical (unpaired) electrons. The average molecular weight is 375 g/mol. The fourth-order valence-electron chi connectivity index (χ4n) is 1.98. The number of sulfone groups is 1. The third-order valence-corrected chi connectivity index (χ3v) is 5.72. The van der Waals surface area contributed by atoms with E-state index in [0.29, 0.717) is 5.69 Å². The van der Waals surface area contributed by atoms with E-state index in [1.165, 1.54) is 30.3 Å². The largest absolute Gasteiger partial charge is 0.348 e. The number of hydrogen-bond acceptors (Lipinski definition) is 7. The Morgan fingerprint density at radius 2 is 1.88 bits per heavy atom. The predicted octanol–water partition coefficient (Wildman–Crippen LogP) is 3.54. The molecular formula is C16H13N3O4S2. The third kappa shape index (κ3) is 4.17. The lowest BCUT2D eigenvalue weighted by atomic mass is 10.3. The fraction of sp³-hybridized carbons (Fsp3) is 0.0625. The zero-order valence-corrected chi connectivity index (χ0v) is 14.7. The van der Waals surface area contributed by atoms with Crippen molar-refractivity contribution in [3.05, 3.63) is 74.6 Å². The van der Waals surface area contributed by atoms with Gasteiger partial charge in [-0.2, -0.15) is 5.26 Å². The second kappa shape index (κ2) is 7.83. The van der Waals surface area contributed by atoms with E-state index in [9.17, 15) is 23.8 Å². The molecule has 0 aromatic heterocycles. The average Bonchev–Trinajstić information content (AvgIpc) is 2.62. The molecule has 2 aromatic carbocycles. The molecule has 7 nitrogen and oxygen atoms in total. The Morgan fingerprint density at radius 3 is 2.44 bits per heavy atom. The summed E-state index contributed by atoms with van der Waals surface area (Å²) in [6.45, 7) is 0. The van der Waals surface area contributed by atoms with E-state index in [1.54, 1.807) is 36.6 Å². The Labute approximate surface area is 149 Å². The number of rotatable bonds is 6. The lowest BCUT2D eigenvalue weighted by Gasteiger charge is -2.12. The third-order valence-electron chi connectivity index (χ3n) is 3.15. The van der Waals surface area contributed by atoms with Gasteiger partial charge >= 0.3 is 0 Å². The summed E-state index contributed by atoms with van der Waals surface area (Å²) in [5, 5.41) is 23.1. The highest BCUT2D eigenvalue weighted by Gasteiger charge is 2.25. The highest BCUT2D eigenvalue weighted by molar-refractivity contribution is 8.04. The highest BCUT2D eigenvalue weighted by atomic mass is 32.2. The number of nitrogens with one attached hydrogen (secondary N) is 1. The summed E-state index contributed by atoms with van der Waals surface area (Å²) in [7, 11) is -4.01. The van der Waals surface area contributed by atoms with E-state index in [-0.39, 0.29) is 15.6 Å². The predicted molar refractivity (Wildman–Crippen MR) is 96.5 cm³/mol. The molecule has 0 bridgehead atoms. The monoisotopic (exact) mass is 375 g/mol. The summed E-state index contributed by atoms with van der Waals surface area (Å²) in [6, 6.07) is 14.9. The van der Waals surface area contributed by atoms with Crippen molar-refractivity contribution >= 4 is 33.0 Å². The molecule has 0 unspecified atom stereocenters. The normalized spacial score (nSPS) is 12.0. The number of nitriles is 1. The SMILES string of the molecule is CS/C(Nc1cccc([N+](=O)[O-])c1)=C(/C#N)S(=O)(=O)c1ccccc1. The second-order valence-corrected chi connectivity index (χ2v) is 7.43. The van der Waals surface area contributed by atoms with Crippen molar-refractivity contribution in [2.75, 3.05) is 11.6 Å². The summed E-state index contributed by atoms with van der Waals surface area (Å²) < 4.78 is 25.4. The number of anilines is 1. The molecule has 2 rings (SSSR count). The number of nitro benzene ring substituents is 1. The summed E-state index contributed by atoms with van der Waals surface area (Å²) in [4.78, 5) is 9.85. The van der Waals surface area contributed by atoms with Crippen LogP contribution in [0.3, 0.4) is 0 Å². The summed E-state index contributed by atoms with van der Waals surface area (Å²) >= 11 is 1.03. The molecule has 0 heterocycles. The van der Waals surface area contributed by atoms with E-state index in [1.807, 2.05) is 0 Å². The number of benzene rings is 2. The minimum Gasteiger partial charge on any atom is -0.348 e. The Balaban J connectivity index is 2.50. The molecule has 0 saturated carbocycles. The molecule has 0 aliphatic carbocycles. The van der Waals surface area contributed by atoms with Crippen LogP contribution in [0.15, 0.2) is 69.4 Å². The summed E-state index contributed by atoms with van der Waals surface area (Å²) in [6.07, 6.45) is 1.61. The Bertz CT molecular complexity index is 964. The topological polar surface area (TPSA) is 113 Å². The van der Waals surface area contributed by atoms with Gasteiger partial charge in [0.15, 0.2) is 4.91 Å². The molecular weight excluding hydrogens is 362 g/mol. The molecule has 0 amide bonds. The number of non-ortho nitro benzene ring substituents is 1. The Kier molecular flexibility index (Phi) is 5.80. The van der Waals surface area contributed by atoms with Crippen LogP contribution in [0.25, 0.3) is 0 Å². The zero-order chi connectivity index (χ0) is 18.4. The molecule has 0 saturated heterocycles. The van der Waals surface area contributed by atoms with Crippen LogP contribution in [-0.4, -0.2) is 19.6 Å². The van der Waals surface area contributed by atoms with Crippen molar-refractivity contribution in [1.29, 1.82) is 5.26 Å². The van der Waals surface area contributed by atoms with Crippen LogP contribution in [0.4, 0.5) is 11.4 Å². The van der Waals surface area contributed by atoms with Gasteiger partial charge in [0.05, 0.1) is 9.82 Å². The van der Waals surface area contributed by atoms with Gasteiger partial charge in [-0.1, -0.05) is 24.3 Å². The van der Waals surface area contributed by atoms with Crippen molar-refractivity contribution in [2.45, 2.75) is 4.90 Å². The summed E-state index contributed by atoms with van der Waals surface area (Å²) in [5.74, 6) is 0. The van der Waals surface area contributed by atoms with Gasteiger partial charge < -0.3 is 5.32 Å². The first-order valence-electron chi connectivity index (χ1n) is 6.90. The van der Waals surface area contributed by atoms with Gasteiger partial charge in [-0.15, -0.1) is 11.8 Å². The van der Waals surface area contributed by atoms with Crippen LogP contribution in [-0.2, 0) is 9.84 Å². The lowest BCUT2D eigenvalue weighted by molar-refractivity contribution is -0.384. The maximum Gasteiger partial charge on any atom is 0.271 e. The molecule has 0 atom stereocenters. The van der Waals surface area contributed by atoms with Crippen molar-refractivity contribution < 1.29 is 13.3 Å². The minimum atomic E-state index is -4.01. The van der Waals surface area contributed by atoms with Gasteiger partial charge in [0.1, 0.15) is 11.1 Å². The fourth-order valence-corrected chi connectivity index (χ4v) is 4.18. The molecule has 0 spiro atoms. The van der Waals surface area contributed by atoms with Gasteiger partial charge in [0.25, 0.3) is 5.69 Å². The highest BCUT2D eigenvalue weighted by Crippen LogP contribution is 2.28. The standard InChI is InChI=1S/C16H13N3O4S2/c1-24-16(18-12-6-5-7-13(10-12)19(20)21)15(11-17)25(22,23)14-8-3-2-4-9-14/h2-10,18H,1H3/b16-15-. The maximum atomic E-state index is 12.7. The van der Waals surface area contributed by atoms with Crippen molar-refractivity contribution in [3.63, 3.8) is 0 Å². The minimum absolute atomic E-state index is 0.000979. The van der Waals surface area contributed by atoms with Crippen LogP contribution >= 0.6 is 11.8 Å². The molecule has 1 N–H and O–H groups in total. The van der Waals surface area contributed by atoms with Crippen LogP contribution < -0.4 is 5.32 Å². The molecule has 2 aromatic rings. The quantitative estimate of drug-likeness (QED) is 0.467. The number of nitro groups is 1. The van der Waals surface area contributed by atoms with Gasteiger partial charge in [-0.05, 0) is 24.5 Å². The molecule has 25 heavy (non-hydrogen) atoms. The molecule has 0 fully saturated rings. The first-order chi connectivity index (χ1) is 11.9. The van der Waals surface area contributed by atoms with Crippen molar-refractivity contribution in [3.8, 4) is 6.07 Å². The first-order valence-corrected chi connectivity index (χ1v) is 9.61. The van der Waals surface area contributed by atoms with E-state index in [0.717, 1.165) is 11.8 Å². The van der Waals surface area contributed by atoms with Crippen LogP contribution in [0.2, 0.25) is 0 Å². The number of thioether (sulfide) groups is 1. The Hall–Kier alpha value is -2.83. The van der Waals surface area contributed by atoms with Gasteiger partial charge in [-0.25, -0.2) is 8.42 Å². The summed E-state index contributed by atoms with van der Waals surface area (Å²) in [5.41, 5.74) is 0.171. The zero-order valence-electron chi connectivity index (χ0n) is 13.0. The van der Waals surface area contributed by atoms with Crippen molar-refractivity contribution in [1.82, 2.24) is 0 Å². The van der Waals surface area contributed by atoms with Crippen LogP contribution in [0.1, 0.15) is 0 Å². The first kappa shape index (κ1) is 18.5. The Morgan fingerprint density at radius 1 is 1.20 bits per heavy atom. The molecule has 9 heteroatoms. The van der Waals surface area contributed by atoms with Gasteiger partial charge in [-0.3, -0.25) is 10.1 Å². The molecule has 0 aliphatic heterocycles. The van der Waals surface area contributed by atoms with E-state index < -0.39 is 19.7 Å². The van der Waals surface area contributed by atoms with E-state index >= 15 is 0 Å². The van der Waals surface area contributed by atoms with Crippen molar-refractivity contribution in [2.24, 2.45) is 0 Å². The van der Waals surface area contributed by atoms with E-state index in [2.05, 4.69) is 5.32 Å². The van der Waals surface area contributed by atoms with Gasteiger partial charge in [0.2, 0.25) is 9.84 Å². The second-order valence-electron chi connectivity index (χ2n) is 4.72. The van der Waals surface area contributed by atoms with Crippen LogP contribution in [0.5, 0.6) is 0 Å². The smallest absolute Gasteiger partial charge is 0.271 e. The molecule has 0 aliphatic rings. The number of allylic oxidation sites excluding steroid dienone is 1. The van der Waals surface area contributed by atoms with E-state index in [4.69, 9.17) is 0 Å². The lowest BCUT2D eigenvalue weighted by Crippen LogP contribution is -2.10. The van der Waals surface area contributed by atoms with Crippen LogP contribution in [0, 0.1) is 21.4 Å². The number of hydrogen-bond donors (Lipinski definition) is 1. The van der Waals surface area contributed by atoms with Gasteiger partial charge in [0, 0.05) is 17.8 Å². The maximum absolute atomic E-state index is 12.7.